The van der Waals surface area contributed by atoms with Crippen molar-refractivity contribution in [2.45, 2.75) is 70.9 Å². The van der Waals surface area contributed by atoms with Crippen molar-refractivity contribution in [3.05, 3.63) is 0 Å². The van der Waals surface area contributed by atoms with Crippen molar-refractivity contribution in [1.82, 2.24) is 10.2 Å². The van der Waals surface area contributed by atoms with E-state index in [0.717, 1.165) is 32.1 Å². The molecule has 0 aromatic rings. The van der Waals surface area contributed by atoms with Crippen LogP contribution in [-0.2, 0) is 9.59 Å². The lowest BCUT2D eigenvalue weighted by molar-refractivity contribution is -0.164. The molecular formula is C17H28N2O2. The van der Waals surface area contributed by atoms with E-state index in [0.29, 0.717) is 24.3 Å². The van der Waals surface area contributed by atoms with Gasteiger partial charge in [-0.15, -0.1) is 0 Å². The van der Waals surface area contributed by atoms with Crippen LogP contribution in [0.3, 0.4) is 0 Å². The molecular weight excluding hydrogens is 264 g/mol. The molecule has 2 amide bonds. The molecule has 4 heteroatoms. The van der Waals surface area contributed by atoms with Crippen molar-refractivity contribution in [3.63, 3.8) is 0 Å². The number of piperazine rings is 1. The molecule has 0 aromatic heterocycles. The van der Waals surface area contributed by atoms with Gasteiger partial charge in [0, 0.05) is 6.54 Å². The molecule has 2 saturated carbocycles. The van der Waals surface area contributed by atoms with Crippen molar-refractivity contribution in [2.75, 3.05) is 6.54 Å². The molecule has 1 N–H and O–H groups in total. The number of hydrogen-bond donors (Lipinski definition) is 1. The van der Waals surface area contributed by atoms with E-state index in [1.165, 1.54) is 0 Å². The van der Waals surface area contributed by atoms with Crippen LogP contribution in [0.15, 0.2) is 0 Å². The molecule has 3 rings (SSSR count). The fourth-order valence-electron chi connectivity index (χ4n) is 3.74. The molecule has 3 fully saturated rings. The third kappa shape index (κ3) is 2.27. The quantitative estimate of drug-likeness (QED) is 0.845. The molecule has 1 heterocycles. The highest BCUT2D eigenvalue weighted by atomic mass is 16.2. The van der Waals surface area contributed by atoms with Crippen molar-refractivity contribution in [3.8, 4) is 0 Å². The van der Waals surface area contributed by atoms with Gasteiger partial charge in [0.15, 0.2) is 0 Å². The van der Waals surface area contributed by atoms with Crippen molar-refractivity contribution in [1.29, 1.82) is 0 Å². The number of carbonyl (C=O) groups is 2. The second-order valence-corrected chi connectivity index (χ2v) is 7.99. The Kier molecular flexibility index (Phi) is 3.34. The molecule has 0 spiro atoms. The summed E-state index contributed by atoms with van der Waals surface area (Å²) in [7, 11) is 0. The van der Waals surface area contributed by atoms with Crippen molar-refractivity contribution >= 4 is 11.8 Å². The summed E-state index contributed by atoms with van der Waals surface area (Å²) in [5.41, 5.74) is -1.29. The van der Waals surface area contributed by atoms with Gasteiger partial charge in [0.05, 0.1) is 0 Å². The summed E-state index contributed by atoms with van der Waals surface area (Å²) in [5, 5.41) is 3.10. The van der Waals surface area contributed by atoms with Gasteiger partial charge in [-0.05, 0) is 63.7 Å². The van der Waals surface area contributed by atoms with Gasteiger partial charge in [0.25, 0.3) is 0 Å². The van der Waals surface area contributed by atoms with Crippen LogP contribution in [0, 0.1) is 17.8 Å². The summed E-state index contributed by atoms with van der Waals surface area (Å²) < 4.78 is 0. The third-order valence-electron chi connectivity index (χ3n) is 5.78. The summed E-state index contributed by atoms with van der Waals surface area (Å²) in [6.45, 7) is 8.95. The highest BCUT2D eigenvalue weighted by Gasteiger charge is 2.62. The average molecular weight is 292 g/mol. The van der Waals surface area contributed by atoms with Crippen LogP contribution in [0.2, 0.25) is 0 Å². The molecule has 3 aliphatic rings. The molecule has 2 atom stereocenters. The first kappa shape index (κ1) is 14.9. The Morgan fingerprint density at radius 2 is 1.71 bits per heavy atom. The minimum Gasteiger partial charge on any atom is -0.340 e. The molecule has 2 aliphatic carbocycles. The van der Waals surface area contributed by atoms with E-state index in [9.17, 15) is 9.59 Å². The van der Waals surface area contributed by atoms with E-state index >= 15 is 0 Å². The van der Waals surface area contributed by atoms with Crippen molar-refractivity contribution in [2.24, 2.45) is 17.8 Å². The minimum atomic E-state index is -0.664. The van der Waals surface area contributed by atoms with Crippen LogP contribution in [0.25, 0.3) is 0 Å². The van der Waals surface area contributed by atoms with Gasteiger partial charge in [0.2, 0.25) is 11.8 Å². The number of nitrogens with zero attached hydrogens (tertiary/aromatic N) is 1. The maximum Gasteiger partial charge on any atom is 0.249 e. The van der Waals surface area contributed by atoms with E-state index in [1.807, 2.05) is 18.7 Å². The Balaban J connectivity index is 1.90. The van der Waals surface area contributed by atoms with E-state index in [1.54, 1.807) is 0 Å². The number of carbonyl (C=O) groups excluding carboxylic acids is 2. The highest BCUT2D eigenvalue weighted by Crippen LogP contribution is 2.49. The third-order valence-corrected chi connectivity index (χ3v) is 5.78. The lowest BCUT2D eigenvalue weighted by Gasteiger charge is -2.51. The highest BCUT2D eigenvalue weighted by molar-refractivity contribution is 6.02. The van der Waals surface area contributed by atoms with Gasteiger partial charge >= 0.3 is 0 Å². The summed E-state index contributed by atoms with van der Waals surface area (Å²) >= 11 is 0. The first-order chi connectivity index (χ1) is 9.80. The standard InChI is InChI=1S/C17H28N2O2/c1-11(2)9-10-19-15(21)16(3,12-5-6-12)18-14(20)17(19,4)13-7-8-13/h11-13H,5-10H2,1-4H3,(H,18,20). The van der Waals surface area contributed by atoms with E-state index < -0.39 is 11.1 Å². The lowest BCUT2D eigenvalue weighted by atomic mass is 9.81. The maximum atomic E-state index is 13.1. The molecule has 1 saturated heterocycles. The lowest BCUT2D eigenvalue weighted by Crippen LogP contribution is -2.75. The summed E-state index contributed by atoms with van der Waals surface area (Å²) in [6, 6.07) is 0. The first-order valence-electron chi connectivity index (χ1n) is 8.44. The monoisotopic (exact) mass is 292 g/mol. The minimum absolute atomic E-state index is 0.0720. The Bertz CT molecular complexity index is 467. The summed E-state index contributed by atoms with van der Waals surface area (Å²) in [6.07, 6.45) is 5.20. The van der Waals surface area contributed by atoms with Crippen LogP contribution in [0.4, 0.5) is 0 Å². The topological polar surface area (TPSA) is 49.4 Å². The van der Waals surface area contributed by atoms with Crippen LogP contribution in [0.1, 0.15) is 59.8 Å². The average Bonchev–Trinajstić information content (AvgIpc) is 3.28. The fourth-order valence-corrected chi connectivity index (χ4v) is 3.74. The number of amides is 2. The van der Waals surface area contributed by atoms with Crippen LogP contribution >= 0.6 is 0 Å². The molecule has 1 aliphatic heterocycles. The fraction of sp³-hybridized carbons (Fsp3) is 0.882. The van der Waals surface area contributed by atoms with Crippen molar-refractivity contribution < 1.29 is 9.59 Å². The summed E-state index contributed by atoms with van der Waals surface area (Å²) in [5.74, 6) is 1.44. The molecule has 2 unspecified atom stereocenters. The number of rotatable bonds is 5. The molecule has 0 aromatic carbocycles. The maximum absolute atomic E-state index is 13.1. The molecule has 0 bridgehead atoms. The van der Waals surface area contributed by atoms with Crippen LogP contribution < -0.4 is 5.32 Å². The smallest absolute Gasteiger partial charge is 0.249 e. The SMILES string of the molecule is CC(C)CCN1C(=O)C(C)(C2CC2)NC(=O)C1(C)C1CC1. The van der Waals surface area contributed by atoms with Crippen LogP contribution in [0.5, 0.6) is 0 Å². The van der Waals surface area contributed by atoms with Gasteiger partial charge in [-0.2, -0.15) is 0 Å². The Labute approximate surface area is 127 Å². The number of nitrogens with one attached hydrogen (secondary N) is 1. The molecule has 21 heavy (non-hydrogen) atoms. The molecule has 0 radical (unpaired) electrons. The van der Waals surface area contributed by atoms with Gasteiger partial charge in [-0.1, -0.05) is 13.8 Å². The predicted octanol–water partition coefficient (Wildman–Crippen LogP) is 2.33. The zero-order valence-corrected chi connectivity index (χ0v) is 13.7. The van der Waals surface area contributed by atoms with Crippen LogP contribution in [-0.4, -0.2) is 34.3 Å². The van der Waals surface area contributed by atoms with Gasteiger partial charge < -0.3 is 10.2 Å². The first-order valence-corrected chi connectivity index (χ1v) is 8.44. The second-order valence-electron chi connectivity index (χ2n) is 7.99. The van der Waals surface area contributed by atoms with E-state index in [-0.39, 0.29) is 11.8 Å². The zero-order chi connectivity index (χ0) is 15.4. The number of hydrogen-bond acceptors (Lipinski definition) is 2. The summed E-state index contributed by atoms with van der Waals surface area (Å²) in [4.78, 5) is 27.9. The zero-order valence-electron chi connectivity index (χ0n) is 13.7. The second kappa shape index (κ2) is 4.72. The van der Waals surface area contributed by atoms with Gasteiger partial charge in [0.1, 0.15) is 11.1 Å². The largest absolute Gasteiger partial charge is 0.340 e. The van der Waals surface area contributed by atoms with Gasteiger partial charge in [-0.3, -0.25) is 9.59 Å². The Hall–Kier alpha value is -1.06. The molecule has 4 nitrogen and oxygen atoms in total. The normalized spacial score (nSPS) is 37.1. The van der Waals surface area contributed by atoms with Gasteiger partial charge in [-0.25, -0.2) is 0 Å². The molecule has 118 valence electrons. The van der Waals surface area contributed by atoms with E-state index in [4.69, 9.17) is 0 Å². The predicted molar refractivity (Wildman–Crippen MR) is 81.6 cm³/mol. The Morgan fingerprint density at radius 3 is 2.19 bits per heavy atom. The van der Waals surface area contributed by atoms with E-state index in [2.05, 4.69) is 19.2 Å². The Morgan fingerprint density at radius 1 is 1.14 bits per heavy atom.